The first kappa shape index (κ1) is 11.0. The maximum absolute atomic E-state index is 9.45. The van der Waals surface area contributed by atoms with E-state index in [1.54, 1.807) is 0 Å². The van der Waals surface area contributed by atoms with Crippen LogP contribution in [-0.4, -0.2) is 17.3 Å². The zero-order chi connectivity index (χ0) is 10.9. The summed E-state index contributed by atoms with van der Waals surface area (Å²) in [5, 5.41) is 12.9. The molecule has 0 bridgehead atoms. The lowest BCUT2D eigenvalue weighted by Gasteiger charge is -2.38. The second-order valence-electron chi connectivity index (χ2n) is 4.22. The predicted octanol–water partition coefficient (Wildman–Crippen LogP) is 2.95. The van der Waals surface area contributed by atoms with Crippen molar-refractivity contribution >= 4 is 21.6 Å². The highest BCUT2D eigenvalue weighted by atomic mass is 79.9. The Morgan fingerprint density at radius 2 is 2.33 bits per heavy atom. The number of benzene rings is 1. The number of hydrogen-bond acceptors (Lipinski definition) is 2. The van der Waals surface area contributed by atoms with Gasteiger partial charge >= 0.3 is 0 Å². The van der Waals surface area contributed by atoms with E-state index in [2.05, 4.69) is 40.3 Å². The van der Waals surface area contributed by atoms with Gasteiger partial charge in [0, 0.05) is 10.2 Å². The number of aliphatic hydroxyl groups excluding tert-OH is 1. The number of anilines is 1. The third-order valence-corrected chi connectivity index (χ3v) is 3.81. The van der Waals surface area contributed by atoms with Crippen molar-refractivity contribution < 1.29 is 5.11 Å². The van der Waals surface area contributed by atoms with Gasteiger partial charge in [-0.05, 0) is 43.0 Å². The molecule has 0 radical (unpaired) electrons. The average Bonchev–Trinajstić information content (AvgIpc) is 2.28. The molecule has 2 N–H and O–H groups in total. The van der Waals surface area contributed by atoms with Gasteiger partial charge < -0.3 is 10.4 Å². The van der Waals surface area contributed by atoms with Crippen molar-refractivity contribution in [2.75, 3.05) is 11.9 Å². The van der Waals surface area contributed by atoms with E-state index in [0.717, 1.165) is 23.7 Å². The molecule has 1 aliphatic heterocycles. The first-order valence-corrected chi connectivity index (χ1v) is 6.16. The van der Waals surface area contributed by atoms with Crippen LogP contribution in [0.5, 0.6) is 0 Å². The van der Waals surface area contributed by atoms with E-state index >= 15 is 0 Å². The quantitative estimate of drug-likeness (QED) is 0.866. The van der Waals surface area contributed by atoms with Crippen LogP contribution in [0.4, 0.5) is 5.69 Å². The Kier molecular flexibility index (Phi) is 3.03. The number of aliphatic hydroxyl groups is 1. The first-order chi connectivity index (χ1) is 7.19. The number of rotatable bonds is 2. The molecule has 0 spiro atoms. The molecule has 0 saturated carbocycles. The molecule has 2 rings (SSSR count). The number of hydrogen-bond donors (Lipinski definition) is 2. The SMILES string of the molecule is CCC1(CO)CCc2cc(Br)ccc2N1. The van der Waals surface area contributed by atoms with Crippen molar-refractivity contribution in [1.29, 1.82) is 0 Å². The molecule has 1 heterocycles. The summed E-state index contributed by atoms with van der Waals surface area (Å²) in [6.45, 7) is 2.33. The van der Waals surface area contributed by atoms with Gasteiger partial charge in [0.15, 0.2) is 0 Å². The lowest BCUT2D eigenvalue weighted by molar-refractivity contribution is 0.195. The highest BCUT2D eigenvalue weighted by molar-refractivity contribution is 9.10. The smallest absolute Gasteiger partial charge is 0.0661 e. The molecular formula is C12H16BrNO. The van der Waals surface area contributed by atoms with E-state index in [4.69, 9.17) is 0 Å². The van der Waals surface area contributed by atoms with Crippen LogP contribution in [0, 0.1) is 0 Å². The Balaban J connectivity index is 2.30. The van der Waals surface area contributed by atoms with Crippen LogP contribution in [0.3, 0.4) is 0 Å². The zero-order valence-electron chi connectivity index (χ0n) is 8.89. The van der Waals surface area contributed by atoms with Gasteiger partial charge in [0.2, 0.25) is 0 Å². The van der Waals surface area contributed by atoms with Gasteiger partial charge in [-0.3, -0.25) is 0 Å². The summed E-state index contributed by atoms with van der Waals surface area (Å²) in [5.74, 6) is 0. The summed E-state index contributed by atoms with van der Waals surface area (Å²) in [5.41, 5.74) is 2.39. The predicted molar refractivity (Wildman–Crippen MR) is 66.2 cm³/mol. The van der Waals surface area contributed by atoms with Crippen LogP contribution in [-0.2, 0) is 6.42 Å². The summed E-state index contributed by atoms with van der Waals surface area (Å²) in [4.78, 5) is 0. The Hall–Kier alpha value is -0.540. The monoisotopic (exact) mass is 269 g/mol. The molecular weight excluding hydrogens is 254 g/mol. The molecule has 3 heteroatoms. The number of nitrogens with one attached hydrogen (secondary N) is 1. The Morgan fingerprint density at radius 1 is 1.53 bits per heavy atom. The minimum atomic E-state index is -0.110. The van der Waals surface area contributed by atoms with E-state index in [1.165, 1.54) is 11.3 Å². The normalized spacial score (nSPS) is 24.5. The van der Waals surface area contributed by atoms with Crippen LogP contribution in [0.1, 0.15) is 25.3 Å². The van der Waals surface area contributed by atoms with Gasteiger partial charge in [-0.2, -0.15) is 0 Å². The lowest BCUT2D eigenvalue weighted by atomic mass is 9.85. The zero-order valence-corrected chi connectivity index (χ0v) is 10.5. The second kappa shape index (κ2) is 4.14. The summed E-state index contributed by atoms with van der Waals surface area (Å²) in [6, 6.07) is 6.27. The molecule has 0 fully saturated rings. The van der Waals surface area contributed by atoms with Crippen molar-refractivity contribution in [1.82, 2.24) is 0 Å². The topological polar surface area (TPSA) is 32.3 Å². The van der Waals surface area contributed by atoms with E-state index in [9.17, 15) is 5.11 Å². The summed E-state index contributed by atoms with van der Waals surface area (Å²) >= 11 is 3.48. The molecule has 0 aromatic heterocycles. The molecule has 1 atom stereocenters. The van der Waals surface area contributed by atoms with Crippen LogP contribution in [0.2, 0.25) is 0 Å². The standard InChI is InChI=1S/C12H16BrNO/c1-2-12(8-15)6-5-9-7-10(13)3-4-11(9)14-12/h3-4,7,14-15H,2,5-6,8H2,1H3. The third kappa shape index (κ3) is 2.04. The van der Waals surface area contributed by atoms with Gasteiger partial charge in [0.25, 0.3) is 0 Å². The molecule has 1 aliphatic rings. The molecule has 0 saturated heterocycles. The summed E-state index contributed by atoms with van der Waals surface area (Å²) in [6.07, 6.45) is 3.00. The van der Waals surface area contributed by atoms with Crippen LogP contribution >= 0.6 is 15.9 Å². The van der Waals surface area contributed by atoms with Crippen molar-refractivity contribution in [3.63, 3.8) is 0 Å². The van der Waals surface area contributed by atoms with E-state index < -0.39 is 0 Å². The molecule has 1 aromatic carbocycles. The van der Waals surface area contributed by atoms with Gasteiger partial charge in [-0.25, -0.2) is 0 Å². The number of aryl methyl sites for hydroxylation is 1. The van der Waals surface area contributed by atoms with Crippen molar-refractivity contribution in [3.05, 3.63) is 28.2 Å². The fourth-order valence-electron chi connectivity index (χ4n) is 2.11. The lowest BCUT2D eigenvalue weighted by Crippen LogP contribution is -2.44. The number of halogens is 1. The third-order valence-electron chi connectivity index (χ3n) is 3.32. The Bertz CT molecular complexity index is 361. The Labute approximate surface area is 98.8 Å². The van der Waals surface area contributed by atoms with Crippen LogP contribution < -0.4 is 5.32 Å². The van der Waals surface area contributed by atoms with E-state index in [0.29, 0.717) is 0 Å². The van der Waals surface area contributed by atoms with Crippen LogP contribution in [0.25, 0.3) is 0 Å². The molecule has 0 aliphatic carbocycles. The molecule has 1 unspecified atom stereocenters. The van der Waals surface area contributed by atoms with Gasteiger partial charge in [0.1, 0.15) is 0 Å². The minimum Gasteiger partial charge on any atom is -0.394 e. The fraction of sp³-hybridized carbons (Fsp3) is 0.500. The van der Waals surface area contributed by atoms with Crippen molar-refractivity contribution in [2.45, 2.75) is 31.7 Å². The largest absolute Gasteiger partial charge is 0.394 e. The highest BCUT2D eigenvalue weighted by Crippen LogP contribution is 2.33. The number of fused-ring (bicyclic) bond motifs is 1. The fourth-order valence-corrected chi connectivity index (χ4v) is 2.52. The Morgan fingerprint density at radius 3 is 3.00 bits per heavy atom. The maximum atomic E-state index is 9.45. The first-order valence-electron chi connectivity index (χ1n) is 5.36. The van der Waals surface area contributed by atoms with Gasteiger partial charge in [-0.1, -0.05) is 22.9 Å². The second-order valence-corrected chi connectivity index (χ2v) is 5.13. The summed E-state index contributed by atoms with van der Waals surface area (Å²) < 4.78 is 1.12. The maximum Gasteiger partial charge on any atom is 0.0661 e. The van der Waals surface area contributed by atoms with Crippen molar-refractivity contribution in [3.8, 4) is 0 Å². The summed E-state index contributed by atoms with van der Waals surface area (Å²) in [7, 11) is 0. The molecule has 1 aromatic rings. The van der Waals surface area contributed by atoms with Crippen LogP contribution in [0.15, 0.2) is 22.7 Å². The highest BCUT2D eigenvalue weighted by Gasteiger charge is 2.31. The minimum absolute atomic E-state index is 0.110. The molecule has 15 heavy (non-hydrogen) atoms. The van der Waals surface area contributed by atoms with E-state index in [1.807, 2.05) is 6.07 Å². The average molecular weight is 270 g/mol. The van der Waals surface area contributed by atoms with Gasteiger partial charge in [0.05, 0.1) is 12.1 Å². The molecule has 82 valence electrons. The van der Waals surface area contributed by atoms with Crippen molar-refractivity contribution in [2.24, 2.45) is 0 Å². The van der Waals surface area contributed by atoms with Gasteiger partial charge in [-0.15, -0.1) is 0 Å². The van der Waals surface area contributed by atoms with E-state index in [-0.39, 0.29) is 12.1 Å². The molecule has 2 nitrogen and oxygen atoms in total. The molecule has 0 amide bonds.